The van der Waals surface area contributed by atoms with Crippen LogP contribution in [0.25, 0.3) is 0 Å². The maximum absolute atomic E-state index is 11.3. The molecular weight excluding hydrogens is 230 g/mol. The number of hydrogen-bond acceptors (Lipinski definition) is 6. The molecule has 0 radical (unpaired) electrons. The molecule has 1 fully saturated rings. The summed E-state index contributed by atoms with van der Waals surface area (Å²) in [4.78, 5) is 21.4. The summed E-state index contributed by atoms with van der Waals surface area (Å²) >= 11 is 0. The van der Waals surface area contributed by atoms with Crippen LogP contribution in [0.3, 0.4) is 0 Å². The van der Waals surface area contributed by atoms with Crippen molar-refractivity contribution in [3.8, 4) is 0 Å². The highest BCUT2D eigenvalue weighted by Gasteiger charge is 2.57. The molecule has 1 atom stereocenters. The Balaban J connectivity index is 2.36. The van der Waals surface area contributed by atoms with Crippen LogP contribution in [0.4, 0.5) is 5.82 Å². The van der Waals surface area contributed by atoms with Crippen molar-refractivity contribution in [3.05, 3.63) is 21.9 Å². The summed E-state index contributed by atoms with van der Waals surface area (Å²) in [7, 11) is 1.16. The second-order valence-corrected chi connectivity index (χ2v) is 3.97. The fourth-order valence-electron chi connectivity index (χ4n) is 1.94. The van der Waals surface area contributed by atoms with Gasteiger partial charge in [-0.2, -0.15) is 0 Å². The largest absolute Gasteiger partial charge is 0.467 e. The Morgan fingerprint density at radius 1 is 1.76 bits per heavy atom. The summed E-state index contributed by atoms with van der Waals surface area (Å²) in [6.07, 6.45) is 0.855. The Morgan fingerprint density at radius 2 is 2.41 bits per heavy atom. The molecule has 1 unspecified atom stereocenters. The first-order chi connectivity index (χ1) is 8.03. The highest BCUT2D eigenvalue weighted by molar-refractivity contribution is 5.78. The average Bonchev–Trinajstić information content (AvgIpc) is 2.96. The number of H-pyrrole nitrogens is 1. The van der Waals surface area contributed by atoms with Gasteiger partial charge in [-0.1, -0.05) is 5.10 Å². The number of aromatic amines is 1. The van der Waals surface area contributed by atoms with Gasteiger partial charge in [0.05, 0.1) is 18.9 Å². The fraction of sp³-hybridized carbons (Fsp3) is 0.556. The monoisotopic (exact) mass is 241 g/mol. The van der Waals surface area contributed by atoms with Crippen LogP contribution in [-0.2, 0) is 14.9 Å². The third-order valence-corrected chi connectivity index (χ3v) is 3.07. The maximum Gasteiger partial charge on any atom is 0.346 e. The van der Waals surface area contributed by atoms with Crippen LogP contribution in [0.5, 0.6) is 0 Å². The van der Waals surface area contributed by atoms with Gasteiger partial charge in [0.15, 0.2) is 6.10 Å². The van der Waals surface area contributed by atoms with Gasteiger partial charge in [0.2, 0.25) is 0 Å². The van der Waals surface area contributed by atoms with Crippen molar-refractivity contribution in [1.29, 1.82) is 0 Å². The molecule has 0 aromatic carbocycles. The number of aromatic nitrogens is 2. The van der Waals surface area contributed by atoms with Crippen molar-refractivity contribution >= 4 is 11.8 Å². The highest BCUT2D eigenvalue weighted by atomic mass is 16.6. The van der Waals surface area contributed by atoms with Gasteiger partial charge in [0, 0.05) is 5.41 Å². The van der Waals surface area contributed by atoms with Gasteiger partial charge in [-0.25, -0.2) is 4.79 Å². The van der Waals surface area contributed by atoms with Gasteiger partial charge in [-0.15, -0.1) is 5.10 Å². The number of rotatable bonds is 4. The topological polar surface area (TPSA) is 118 Å². The third-order valence-electron chi connectivity index (χ3n) is 3.07. The lowest BCUT2D eigenvalue weighted by Crippen LogP contribution is -2.35. The van der Waals surface area contributed by atoms with Crippen molar-refractivity contribution in [3.63, 3.8) is 0 Å². The number of ether oxygens (including phenoxy) is 1. The molecule has 2 N–H and O–H groups in total. The summed E-state index contributed by atoms with van der Waals surface area (Å²) in [5, 5.41) is 26.4. The molecule has 92 valence electrons. The zero-order valence-corrected chi connectivity index (χ0v) is 9.04. The number of aliphatic hydroxyl groups excluding tert-OH is 1. The van der Waals surface area contributed by atoms with E-state index in [1.165, 1.54) is 6.20 Å². The van der Waals surface area contributed by atoms with E-state index in [2.05, 4.69) is 14.9 Å². The molecule has 1 aliphatic carbocycles. The zero-order valence-electron chi connectivity index (χ0n) is 9.04. The molecule has 0 bridgehead atoms. The van der Waals surface area contributed by atoms with Gasteiger partial charge in [-0.3, -0.25) is 0 Å². The average molecular weight is 241 g/mol. The van der Waals surface area contributed by atoms with Crippen LogP contribution in [-0.4, -0.2) is 39.4 Å². The molecular formula is C9H11N3O5. The molecule has 1 aromatic rings. The standard InChI is InChI=1S/C9H11N3O5/c1-17-8(14)6(13)9(2-3-9)5-4-10-11-7(5)12(15)16/h4,6,13H,2-3H2,1H3,(H,10,11). The zero-order chi connectivity index (χ0) is 12.6. The number of nitro groups is 1. The van der Waals surface area contributed by atoms with Crippen LogP contribution in [0.1, 0.15) is 18.4 Å². The van der Waals surface area contributed by atoms with Gasteiger partial charge in [0.1, 0.15) is 0 Å². The van der Waals surface area contributed by atoms with Crippen LogP contribution >= 0.6 is 0 Å². The van der Waals surface area contributed by atoms with Gasteiger partial charge in [-0.05, 0) is 17.8 Å². The summed E-state index contributed by atoms with van der Waals surface area (Å²) < 4.78 is 4.45. The van der Waals surface area contributed by atoms with Crippen molar-refractivity contribution in [1.82, 2.24) is 10.2 Å². The first kappa shape index (κ1) is 11.5. The molecule has 0 aliphatic heterocycles. The molecule has 0 spiro atoms. The second-order valence-electron chi connectivity index (χ2n) is 3.97. The van der Waals surface area contributed by atoms with Crippen LogP contribution in [0.15, 0.2) is 6.20 Å². The lowest BCUT2D eigenvalue weighted by molar-refractivity contribution is -0.390. The van der Waals surface area contributed by atoms with Crippen LogP contribution in [0.2, 0.25) is 0 Å². The lowest BCUT2D eigenvalue weighted by Gasteiger charge is -2.18. The first-order valence-electron chi connectivity index (χ1n) is 4.97. The van der Waals surface area contributed by atoms with E-state index in [-0.39, 0.29) is 11.4 Å². The SMILES string of the molecule is COC(=O)C(O)C1(c2cn[nH]c2[N+](=O)[O-])CC1. The predicted molar refractivity (Wildman–Crippen MR) is 54.2 cm³/mol. The molecule has 1 heterocycles. The molecule has 8 heteroatoms. The summed E-state index contributed by atoms with van der Waals surface area (Å²) in [6, 6.07) is 0. The van der Waals surface area contributed by atoms with E-state index in [9.17, 15) is 20.0 Å². The number of esters is 1. The van der Waals surface area contributed by atoms with Gasteiger partial charge in [0.25, 0.3) is 0 Å². The minimum Gasteiger partial charge on any atom is -0.467 e. The number of methoxy groups -OCH3 is 1. The van der Waals surface area contributed by atoms with E-state index in [1.807, 2.05) is 0 Å². The van der Waals surface area contributed by atoms with Crippen molar-refractivity contribution in [2.45, 2.75) is 24.4 Å². The van der Waals surface area contributed by atoms with E-state index in [0.717, 1.165) is 7.11 Å². The number of aliphatic hydroxyl groups is 1. The lowest BCUT2D eigenvalue weighted by atomic mass is 9.91. The van der Waals surface area contributed by atoms with Crippen molar-refractivity contribution in [2.24, 2.45) is 0 Å². The molecule has 1 aromatic heterocycles. The minimum absolute atomic E-state index is 0.250. The van der Waals surface area contributed by atoms with Gasteiger partial charge >= 0.3 is 11.8 Å². The quantitative estimate of drug-likeness (QED) is 0.431. The van der Waals surface area contributed by atoms with E-state index >= 15 is 0 Å². The Hall–Kier alpha value is -1.96. The van der Waals surface area contributed by atoms with Gasteiger partial charge < -0.3 is 20.0 Å². The molecule has 1 saturated carbocycles. The molecule has 0 amide bonds. The number of carbonyl (C=O) groups is 1. The Labute approximate surface area is 95.7 Å². The third kappa shape index (κ3) is 1.66. The minimum atomic E-state index is -1.40. The van der Waals surface area contributed by atoms with E-state index in [4.69, 9.17) is 0 Å². The van der Waals surface area contributed by atoms with Crippen LogP contribution < -0.4 is 0 Å². The smallest absolute Gasteiger partial charge is 0.346 e. The fourth-order valence-corrected chi connectivity index (χ4v) is 1.94. The highest BCUT2D eigenvalue weighted by Crippen LogP contribution is 2.53. The Morgan fingerprint density at radius 3 is 2.88 bits per heavy atom. The molecule has 1 aliphatic rings. The summed E-state index contributed by atoms with van der Waals surface area (Å²) in [5.41, 5.74) is -0.678. The van der Waals surface area contributed by atoms with E-state index < -0.39 is 22.4 Å². The first-order valence-corrected chi connectivity index (χ1v) is 4.97. The molecule has 2 rings (SSSR count). The molecule has 0 saturated heterocycles. The summed E-state index contributed by atoms with van der Waals surface area (Å²) in [5.74, 6) is -1.08. The molecule has 8 nitrogen and oxygen atoms in total. The number of nitrogens with zero attached hydrogens (tertiary/aromatic N) is 2. The van der Waals surface area contributed by atoms with Crippen molar-refractivity contribution < 1.29 is 19.6 Å². The predicted octanol–water partition coefficient (Wildman–Crippen LogP) is -0.117. The normalized spacial score (nSPS) is 18.5. The number of nitrogens with one attached hydrogen (secondary N) is 1. The van der Waals surface area contributed by atoms with Crippen molar-refractivity contribution in [2.75, 3.05) is 7.11 Å². The van der Waals surface area contributed by atoms with E-state index in [0.29, 0.717) is 12.8 Å². The van der Waals surface area contributed by atoms with Crippen LogP contribution in [0, 0.1) is 10.1 Å². The van der Waals surface area contributed by atoms with E-state index in [1.54, 1.807) is 0 Å². The maximum atomic E-state index is 11.3. The summed E-state index contributed by atoms with van der Waals surface area (Å²) in [6.45, 7) is 0. The Bertz CT molecular complexity index is 465. The Kier molecular flexibility index (Phi) is 2.58. The number of hydrogen-bond donors (Lipinski definition) is 2. The second kappa shape index (κ2) is 3.81. The number of carbonyl (C=O) groups excluding carboxylic acids is 1. The molecule has 17 heavy (non-hydrogen) atoms.